The van der Waals surface area contributed by atoms with Crippen LogP contribution in [0.3, 0.4) is 0 Å². The van der Waals surface area contributed by atoms with Crippen molar-refractivity contribution < 1.29 is 44.3 Å². The molecule has 3 atom stereocenters. The molecule has 5 N–H and O–H groups in total. The van der Waals surface area contributed by atoms with Crippen LogP contribution < -0.4 is 5.32 Å². The second kappa shape index (κ2) is 17.3. The van der Waals surface area contributed by atoms with Gasteiger partial charge in [-0.3, -0.25) is 14.4 Å². The quantitative estimate of drug-likeness (QED) is 0.350. The molecule has 0 aliphatic carbocycles. The largest absolute Gasteiger partial charge is 0.481 e. The first kappa shape index (κ1) is 30.8. The van der Waals surface area contributed by atoms with Crippen LogP contribution in [-0.2, 0) is 19.1 Å². The number of aliphatic carboxylic acids is 3. The molecular formula is C23H36N2O9. The van der Waals surface area contributed by atoms with Gasteiger partial charge in [0.05, 0.1) is 25.5 Å². The monoisotopic (exact) mass is 484 g/mol. The van der Waals surface area contributed by atoms with Crippen LogP contribution in [0, 0.1) is 0 Å². The summed E-state index contributed by atoms with van der Waals surface area (Å²) in [6, 6.07) is 10.6. The average molecular weight is 485 g/mol. The van der Waals surface area contributed by atoms with E-state index in [0.717, 1.165) is 12.8 Å². The van der Waals surface area contributed by atoms with Gasteiger partial charge in [-0.1, -0.05) is 37.3 Å². The summed E-state index contributed by atoms with van der Waals surface area (Å²) >= 11 is 0. The van der Waals surface area contributed by atoms with Crippen LogP contribution in [0.25, 0.3) is 0 Å². The van der Waals surface area contributed by atoms with Crippen molar-refractivity contribution in [2.24, 2.45) is 0 Å². The summed E-state index contributed by atoms with van der Waals surface area (Å²) in [4.78, 5) is 41.3. The Labute approximate surface area is 199 Å². The average Bonchev–Trinajstić information content (AvgIpc) is 2.79. The molecule has 0 spiro atoms. The molecule has 0 aromatic heterocycles. The van der Waals surface area contributed by atoms with E-state index < -0.39 is 24.0 Å². The van der Waals surface area contributed by atoms with Crippen LogP contribution in [0.4, 0.5) is 4.79 Å². The summed E-state index contributed by atoms with van der Waals surface area (Å²) in [5.41, 5.74) is 1.23. The van der Waals surface area contributed by atoms with E-state index in [4.69, 9.17) is 25.2 Å². The van der Waals surface area contributed by atoms with Gasteiger partial charge >= 0.3 is 24.0 Å². The number of carboxylic acid groups (broad SMARTS) is 4. The van der Waals surface area contributed by atoms with Crippen LogP contribution in [0.15, 0.2) is 30.3 Å². The van der Waals surface area contributed by atoms with Gasteiger partial charge in [0, 0.05) is 32.2 Å². The van der Waals surface area contributed by atoms with Crippen molar-refractivity contribution in [2.45, 2.75) is 64.1 Å². The Balaban J connectivity index is 0.000000643. The highest BCUT2D eigenvalue weighted by Crippen LogP contribution is 2.19. The van der Waals surface area contributed by atoms with E-state index in [1.165, 1.54) is 10.5 Å². The highest BCUT2D eigenvalue weighted by molar-refractivity contribution is 5.75. The van der Waals surface area contributed by atoms with Gasteiger partial charge in [0.15, 0.2) is 0 Å². The van der Waals surface area contributed by atoms with E-state index in [0.29, 0.717) is 19.5 Å². The smallest absolute Gasteiger partial charge is 0.407 e. The van der Waals surface area contributed by atoms with Crippen molar-refractivity contribution in [3.63, 3.8) is 0 Å². The minimum Gasteiger partial charge on any atom is -0.481 e. The van der Waals surface area contributed by atoms with E-state index in [9.17, 15) is 19.2 Å². The molecule has 11 nitrogen and oxygen atoms in total. The second-order valence-corrected chi connectivity index (χ2v) is 7.63. The summed E-state index contributed by atoms with van der Waals surface area (Å²) in [6.07, 6.45) is 0.217. The van der Waals surface area contributed by atoms with Crippen LogP contribution in [-0.4, -0.2) is 81.7 Å². The third-order valence-corrected chi connectivity index (χ3v) is 4.91. The zero-order valence-electron chi connectivity index (χ0n) is 19.8. The van der Waals surface area contributed by atoms with Crippen molar-refractivity contribution >= 4 is 24.0 Å². The lowest BCUT2D eigenvalue weighted by Crippen LogP contribution is -2.54. The lowest BCUT2D eigenvalue weighted by atomic mass is 9.99. The van der Waals surface area contributed by atoms with Gasteiger partial charge in [0.1, 0.15) is 0 Å². The first-order valence-electron chi connectivity index (χ1n) is 11.0. The molecule has 1 saturated heterocycles. The standard InChI is InChI=1S/C15H22N2O3.C4H6O4.C4H8O2/c1-11(12-6-4-3-5-7-12)16-13-8-9-17(15(18)19)10-14(13)20-2;5-3(6)1-2-4(7)8;1-2-3-4(5)6/h3-7,11,13-14,16H,8-10H2,1-2H3,(H,18,19);1-2H2,(H,5,6)(H,7,8);2-3H2,1H3,(H,5,6)/t11?,13-,14+;;/m1../s1. The summed E-state index contributed by atoms with van der Waals surface area (Å²) in [6.45, 7) is 4.93. The maximum absolute atomic E-state index is 11.0. The third kappa shape index (κ3) is 14.1. The van der Waals surface area contributed by atoms with Crippen LogP contribution in [0.1, 0.15) is 57.6 Å². The zero-order chi connectivity index (χ0) is 26.1. The predicted octanol–water partition coefficient (Wildman–Crippen LogP) is 2.91. The number of hydrogen-bond acceptors (Lipinski definition) is 6. The van der Waals surface area contributed by atoms with Gasteiger partial charge in [0.2, 0.25) is 0 Å². The molecule has 1 unspecified atom stereocenters. The Hall–Kier alpha value is -3.18. The number of benzene rings is 1. The molecule has 0 saturated carbocycles. The van der Waals surface area contributed by atoms with Crippen LogP contribution in [0.2, 0.25) is 0 Å². The maximum atomic E-state index is 11.0. The number of likely N-dealkylation sites (tertiary alicyclic amines) is 1. The number of nitrogens with zero attached hydrogens (tertiary/aromatic N) is 1. The molecule has 1 fully saturated rings. The zero-order valence-corrected chi connectivity index (χ0v) is 19.8. The van der Waals surface area contributed by atoms with Gasteiger partial charge in [0.25, 0.3) is 0 Å². The number of ether oxygens (including phenoxy) is 1. The van der Waals surface area contributed by atoms with Crippen molar-refractivity contribution in [3.05, 3.63) is 35.9 Å². The minimum absolute atomic E-state index is 0.106. The van der Waals surface area contributed by atoms with Gasteiger partial charge in [-0.05, 0) is 25.3 Å². The molecule has 1 aromatic rings. The van der Waals surface area contributed by atoms with E-state index >= 15 is 0 Å². The molecule has 1 heterocycles. The first-order chi connectivity index (χ1) is 16.0. The number of methoxy groups -OCH3 is 1. The Kier molecular flexibility index (Phi) is 15.7. The molecule has 192 valence electrons. The number of carbonyl (C=O) groups is 4. The Morgan fingerprint density at radius 2 is 1.53 bits per heavy atom. The molecule has 1 aliphatic heterocycles. The predicted molar refractivity (Wildman–Crippen MR) is 124 cm³/mol. The Bertz CT molecular complexity index is 744. The van der Waals surface area contributed by atoms with Gasteiger partial charge in [-0.15, -0.1) is 0 Å². The Morgan fingerprint density at radius 1 is 1.00 bits per heavy atom. The van der Waals surface area contributed by atoms with Crippen molar-refractivity contribution in [1.29, 1.82) is 0 Å². The molecule has 0 radical (unpaired) electrons. The van der Waals surface area contributed by atoms with Crippen molar-refractivity contribution in [2.75, 3.05) is 20.2 Å². The number of carboxylic acids is 3. The number of amides is 1. The molecule has 1 aliphatic rings. The van der Waals surface area contributed by atoms with E-state index in [1.807, 2.05) is 25.1 Å². The topological polar surface area (TPSA) is 174 Å². The lowest BCUT2D eigenvalue weighted by Gasteiger charge is -2.38. The fourth-order valence-corrected chi connectivity index (χ4v) is 3.11. The second-order valence-electron chi connectivity index (χ2n) is 7.63. The summed E-state index contributed by atoms with van der Waals surface area (Å²) < 4.78 is 5.45. The first-order valence-corrected chi connectivity index (χ1v) is 11.0. The molecule has 34 heavy (non-hydrogen) atoms. The number of hydrogen-bond donors (Lipinski definition) is 5. The fraction of sp³-hybridized carbons (Fsp3) is 0.565. The van der Waals surface area contributed by atoms with Crippen LogP contribution in [0.5, 0.6) is 0 Å². The minimum atomic E-state index is -1.08. The number of rotatable bonds is 9. The van der Waals surface area contributed by atoms with E-state index in [-0.39, 0.29) is 31.0 Å². The molecule has 1 amide bonds. The molecule has 1 aromatic carbocycles. The molecule has 0 bridgehead atoms. The van der Waals surface area contributed by atoms with Crippen LogP contribution >= 0.6 is 0 Å². The summed E-state index contributed by atoms with van der Waals surface area (Å²) in [5, 5.41) is 36.3. The van der Waals surface area contributed by atoms with Crippen molar-refractivity contribution in [3.8, 4) is 0 Å². The highest BCUT2D eigenvalue weighted by atomic mass is 16.5. The summed E-state index contributed by atoms with van der Waals surface area (Å²) in [5.74, 6) is -2.86. The summed E-state index contributed by atoms with van der Waals surface area (Å²) in [7, 11) is 1.64. The molecular weight excluding hydrogens is 448 g/mol. The number of piperidine rings is 1. The Morgan fingerprint density at radius 3 is 1.91 bits per heavy atom. The molecule has 11 heteroatoms. The van der Waals surface area contributed by atoms with Gasteiger partial charge < -0.3 is 35.4 Å². The SMILES string of the molecule is CCCC(=O)O.CO[C@H]1CN(C(=O)O)CC[C@H]1NC(C)c1ccccc1.O=C(O)CCC(=O)O. The van der Waals surface area contributed by atoms with Crippen molar-refractivity contribution in [1.82, 2.24) is 10.2 Å². The van der Waals surface area contributed by atoms with E-state index in [2.05, 4.69) is 24.4 Å². The van der Waals surface area contributed by atoms with Gasteiger partial charge in [-0.2, -0.15) is 0 Å². The maximum Gasteiger partial charge on any atom is 0.407 e. The third-order valence-electron chi connectivity index (χ3n) is 4.91. The normalized spacial score (nSPS) is 17.8. The van der Waals surface area contributed by atoms with Gasteiger partial charge in [-0.25, -0.2) is 4.79 Å². The highest BCUT2D eigenvalue weighted by Gasteiger charge is 2.32. The van der Waals surface area contributed by atoms with E-state index in [1.54, 1.807) is 7.11 Å². The number of nitrogens with one attached hydrogen (secondary N) is 1. The molecule has 2 rings (SSSR count). The fourth-order valence-electron chi connectivity index (χ4n) is 3.11. The lowest BCUT2D eigenvalue weighted by molar-refractivity contribution is -0.143.